The van der Waals surface area contributed by atoms with Crippen LogP contribution in [0.1, 0.15) is 42.5 Å². The van der Waals surface area contributed by atoms with Crippen LogP contribution in [0.25, 0.3) is 0 Å². The van der Waals surface area contributed by atoms with E-state index in [0.717, 1.165) is 26.6 Å². The molecule has 0 aliphatic rings. The topological polar surface area (TPSA) is 86.8 Å². The van der Waals surface area contributed by atoms with E-state index in [2.05, 4.69) is 5.32 Å². The molecule has 2 amide bonds. The first-order valence-corrected chi connectivity index (χ1v) is 17.3. The molecule has 0 heterocycles. The maximum atomic E-state index is 14.6. The Balaban J connectivity index is 1.82. The molecular weight excluding hydrogens is 641 g/mol. The molecule has 46 heavy (non-hydrogen) atoms. The molecule has 0 aromatic heterocycles. The van der Waals surface area contributed by atoms with Crippen LogP contribution in [-0.4, -0.2) is 43.8 Å². The fourth-order valence-electron chi connectivity index (χ4n) is 4.92. The summed E-state index contributed by atoms with van der Waals surface area (Å²) in [5.74, 6) is -0.857. The number of carbonyl (C=O) groups is 2. The summed E-state index contributed by atoms with van der Waals surface area (Å²) in [4.78, 5) is 30.0. The third-order valence-electron chi connectivity index (χ3n) is 8.00. The minimum absolute atomic E-state index is 0.0115. The summed E-state index contributed by atoms with van der Waals surface area (Å²) >= 11 is 12.2. The van der Waals surface area contributed by atoms with Gasteiger partial charge in [-0.3, -0.25) is 13.9 Å². The Kier molecular flexibility index (Phi) is 11.9. The lowest BCUT2D eigenvalue weighted by atomic mass is 10.0. The first-order valence-electron chi connectivity index (χ1n) is 15.1. The lowest BCUT2D eigenvalue weighted by Gasteiger charge is -2.34. The molecule has 1 N–H and O–H groups in total. The van der Waals surface area contributed by atoms with Crippen molar-refractivity contribution in [2.24, 2.45) is 0 Å². The second-order valence-corrected chi connectivity index (χ2v) is 14.1. The molecule has 7 nitrogen and oxygen atoms in total. The van der Waals surface area contributed by atoms with Crippen LogP contribution in [0, 0.1) is 13.8 Å². The first kappa shape index (κ1) is 35.0. The zero-order valence-corrected chi connectivity index (χ0v) is 28.7. The van der Waals surface area contributed by atoms with E-state index >= 15 is 0 Å². The summed E-state index contributed by atoms with van der Waals surface area (Å²) in [6.45, 7) is 7.21. The molecule has 0 unspecified atom stereocenters. The Morgan fingerprint density at radius 3 is 2.00 bits per heavy atom. The van der Waals surface area contributed by atoms with Crippen molar-refractivity contribution >= 4 is 50.7 Å². The van der Waals surface area contributed by atoms with Gasteiger partial charge in [0.05, 0.1) is 10.6 Å². The van der Waals surface area contributed by atoms with Crippen LogP contribution >= 0.6 is 23.2 Å². The SMILES string of the molecule is CC[C@@H](C)NC(=O)[C@@H](Cc1ccccc1)N(Cc1ccc(Cl)cc1)C(=O)CN(c1ccc(C)c(C)c1)S(=O)(=O)c1ccc(Cl)cc1. The highest BCUT2D eigenvalue weighted by atomic mass is 35.5. The summed E-state index contributed by atoms with van der Waals surface area (Å²) in [5, 5.41) is 3.96. The van der Waals surface area contributed by atoms with Gasteiger partial charge in [0.2, 0.25) is 11.8 Å². The van der Waals surface area contributed by atoms with Crippen LogP contribution in [0.4, 0.5) is 5.69 Å². The summed E-state index contributed by atoms with van der Waals surface area (Å²) in [6.07, 6.45) is 0.935. The van der Waals surface area contributed by atoms with Gasteiger partial charge in [-0.2, -0.15) is 0 Å². The maximum absolute atomic E-state index is 14.6. The molecule has 0 radical (unpaired) electrons. The Morgan fingerprint density at radius 2 is 1.41 bits per heavy atom. The van der Waals surface area contributed by atoms with E-state index in [1.807, 2.05) is 64.1 Å². The highest BCUT2D eigenvalue weighted by Gasteiger charge is 2.35. The standard InChI is InChI=1S/C36H39Cl2N3O4S/c1-5-27(4)39-36(43)34(22-28-9-7-6-8-10-28)40(23-29-12-14-30(37)15-13-29)35(42)24-41(32-18-11-25(2)26(3)21-32)46(44,45)33-19-16-31(38)17-20-33/h6-21,27,34H,5,22-24H2,1-4H3,(H,39,43)/t27-,34-/m1/s1. The molecule has 4 rings (SSSR count). The van der Waals surface area contributed by atoms with Crippen molar-refractivity contribution in [3.05, 3.63) is 129 Å². The number of nitrogens with zero attached hydrogens (tertiary/aromatic N) is 2. The second kappa shape index (κ2) is 15.6. The maximum Gasteiger partial charge on any atom is 0.264 e. The molecule has 0 spiro atoms. The number of aryl methyl sites for hydroxylation is 2. The monoisotopic (exact) mass is 679 g/mol. The molecule has 0 saturated carbocycles. The summed E-state index contributed by atoms with van der Waals surface area (Å²) in [7, 11) is -4.23. The van der Waals surface area contributed by atoms with E-state index in [9.17, 15) is 18.0 Å². The van der Waals surface area contributed by atoms with E-state index < -0.39 is 28.5 Å². The predicted octanol–water partition coefficient (Wildman–Crippen LogP) is 7.36. The smallest absolute Gasteiger partial charge is 0.264 e. The third kappa shape index (κ3) is 8.90. The molecule has 0 bridgehead atoms. The van der Waals surface area contributed by atoms with Gasteiger partial charge in [-0.15, -0.1) is 0 Å². The molecular formula is C36H39Cl2N3O4S. The van der Waals surface area contributed by atoms with E-state index in [1.54, 1.807) is 36.4 Å². The number of hydrogen-bond donors (Lipinski definition) is 1. The Morgan fingerprint density at radius 1 is 0.804 bits per heavy atom. The van der Waals surface area contributed by atoms with Gasteiger partial charge in [0.15, 0.2) is 0 Å². The first-order chi connectivity index (χ1) is 21.9. The normalized spacial score (nSPS) is 12.7. The Bertz CT molecular complexity index is 1750. The molecule has 242 valence electrons. The van der Waals surface area contributed by atoms with E-state index in [0.29, 0.717) is 22.2 Å². The minimum atomic E-state index is -4.23. The summed E-state index contributed by atoms with van der Waals surface area (Å²) in [5.41, 5.74) is 3.79. The minimum Gasteiger partial charge on any atom is -0.352 e. The van der Waals surface area contributed by atoms with Gasteiger partial charge < -0.3 is 10.2 Å². The van der Waals surface area contributed by atoms with E-state index in [-0.39, 0.29) is 29.8 Å². The summed E-state index contributed by atoms with van der Waals surface area (Å²) in [6, 6.07) is 26.5. The number of anilines is 1. The predicted molar refractivity (Wildman–Crippen MR) is 186 cm³/mol. The number of halogens is 2. The van der Waals surface area contributed by atoms with Gasteiger partial charge in [-0.1, -0.05) is 78.7 Å². The average Bonchev–Trinajstić information content (AvgIpc) is 3.04. The van der Waals surface area contributed by atoms with Crippen LogP contribution in [0.2, 0.25) is 10.0 Å². The summed E-state index contributed by atoms with van der Waals surface area (Å²) < 4.78 is 29.5. The van der Waals surface area contributed by atoms with Crippen LogP contribution in [0.5, 0.6) is 0 Å². The molecule has 0 aliphatic carbocycles. The highest BCUT2D eigenvalue weighted by molar-refractivity contribution is 7.92. The molecule has 0 saturated heterocycles. The second-order valence-electron chi connectivity index (χ2n) is 11.4. The number of hydrogen-bond acceptors (Lipinski definition) is 4. The molecule has 4 aromatic carbocycles. The van der Waals surface area contributed by atoms with Gasteiger partial charge in [-0.25, -0.2) is 8.42 Å². The molecule has 0 fully saturated rings. The highest BCUT2D eigenvalue weighted by Crippen LogP contribution is 2.28. The number of carbonyl (C=O) groups excluding carboxylic acids is 2. The van der Waals surface area contributed by atoms with Gasteiger partial charge in [0, 0.05) is 29.1 Å². The number of sulfonamides is 1. The molecule has 2 atom stereocenters. The van der Waals surface area contributed by atoms with Gasteiger partial charge in [0.25, 0.3) is 10.0 Å². The van der Waals surface area contributed by atoms with Crippen molar-refractivity contribution in [2.75, 3.05) is 10.8 Å². The van der Waals surface area contributed by atoms with Crippen molar-refractivity contribution in [3.8, 4) is 0 Å². The van der Waals surface area contributed by atoms with Gasteiger partial charge >= 0.3 is 0 Å². The largest absolute Gasteiger partial charge is 0.352 e. The number of rotatable bonds is 13. The van der Waals surface area contributed by atoms with Crippen LogP contribution < -0.4 is 9.62 Å². The Hall–Kier alpha value is -3.85. The van der Waals surface area contributed by atoms with Crippen molar-refractivity contribution in [2.45, 2.75) is 64.1 Å². The van der Waals surface area contributed by atoms with Crippen molar-refractivity contribution in [1.82, 2.24) is 10.2 Å². The van der Waals surface area contributed by atoms with Crippen LogP contribution in [0.3, 0.4) is 0 Å². The number of benzene rings is 4. The van der Waals surface area contributed by atoms with Gasteiger partial charge in [0.1, 0.15) is 12.6 Å². The number of amides is 2. The fourth-order valence-corrected chi connectivity index (χ4v) is 6.58. The van der Waals surface area contributed by atoms with Crippen molar-refractivity contribution in [3.63, 3.8) is 0 Å². The third-order valence-corrected chi connectivity index (χ3v) is 10.3. The van der Waals surface area contributed by atoms with Crippen molar-refractivity contribution < 1.29 is 18.0 Å². The van der Waals surface area contributed by atoms with Crippen LogP contribution in [-0.2, 0) is 32.6 Å². The van der Waals surface area contributed by atoms with Gasteiger partial charge in [-0.05, 0) is 98.0 Å². The quantitative estimate of drug-likeness (QED) is 0.160. The van der Waals surface area contributed by atoms with E-state index in [1.165, 1.54) is 29.2 Å². The molecule has 10 heteroatoms. The lowest BCUT2D eigenvalue weighted by Crippen LogP contribution is -2.54. The average molecular weight is 681 g/mol. The van der Waals surface area contributed by atoms with E-state index in [4.69, 9.17) is 23.2 Å². The fraction of sp³-hybridized carbons (Fsp3) is 0.278. The molecule has 4 aromatic rings. The lowest BCUT2D eigenvalue weighted by molar-refractivity contribution is -0.140. The zero-order valence-electron chi connectivity index (χ0n) is 26.4. The molecule has 0 aliphatic heterocycles. The zero-order chi connectivity index (χ0) is 33.4. The number of nitrogens with one attached hydrogen (secondary N) is 1. The Labute approximate surface area is 282 Å². The van der Waals surface area contributed by atoms with Crippen LogP contribution in [0.15, 0.2) is 102 Å². The van der Waals surface area contributed by atoms with Crippen molar-refractivity contribution in [1.29, 1.82) is 0 Å².